The molecule has 0 aromatic heterocycles. The van der Waals surface area contributed by atoms with E-state index in [-0.39, 0.29) is 0 Å². The summed E-state index contributed by atoms with van der Waals surface area (Å²) in [5.74, 6) is -14.5. The van der Waals surface area contributed by atoms with Crippen LogP contribution in [0.15, 0.2) is 0 Å². The first-order chi connectivity index (χ1) is 9.99. The topological polar surface area (TPSA) is 149 Å². The Bertz CT molecular complexity index is 527. The predicted molar refractivity (Wildman–Crippen MR) is 61.4 cm³/mol. The third kappa shape index (κ3) is 1.66. The first-order valence-corrected chi connectivity index (χ1v) is 6.29. The summed E-state index contributed by atoms with van der Waals surface area (Å²) in [4.78, 5) is 44.2. The van der Waals surface area contributed by atoms with Gasteiger partial charge in [0.05, 0.1) is 11.8 Å². The lowest BCUT2D eigenvalue weighted by Crippen LogP contribution is -2.79. The minimum Gasteiger partial charge on any atom is -0.481 e. The lowest BCUT2D eigenvalue weighted by Gasteiger charge is -2.59. The first kappa shape index (κ1) is 16.1. The van der Waals surface area contributed by atoms with Crippen molar-refractivity contribution in [2.24, 2.45) is 23.7 Å². The molecule has 2 rings (SSSR count). The molecule has 22 heavy (non-hydrogen) atoms. The fourth-order valence-corrected chi connectivity index (χ4v) is 3.70. The van der Waals surface area contributed by atoms with Crippen molar-refractivity contribution in [1.82, 2.24) is 0 Å². The van der Waals surface area contributed by atoms with Gasteiger partial charge < -0.3 is 20.4 Å². The highest BCUT2D eigenvalue weighted by molar-refractivity contribution is 5.95. The van der Waals surface area contributed by atoms with Gasteiger partial charge in [0.25, 0.3) is 11.3 Å². The number of halogens is 2. The van der Waals surface area contributed by atoms with E-state index < -0.39 is 71.7 Å². The molecule has 0 amide bonds. The van der Waals surface area contributed by atoms with Gasteiger partial charge in [-0.15, -0.1) is 0 Å². The molecule has 0 heterocycles. The van der Waals surface area contributed by atoms with Crippen LogP contribution in [0.2, 0.25) is 0 Å². The third-order valence-electron chi connectivity index (χ3n) is 4.80. The molecular formula is C12H12F2O8. The standard InChI is InChI=1S/C12H12F2O8/c13-11(9(19)20)5-1-3(7(15)16)4(8(17)18)2-6(5)12(11,14)10(21)22/h3-6H,1-2H2,(H,15,16)(H,17,18)(H,19,20)(H,21,22). The van der Waals surface area contributed by atoms with Gasteiger partial charge in [0.1, 0.15) is 0 Å². The molecule has 0 aliphatic heterocycles. The number of carboxylic acids is 4. The highest BCUT2D eigenvalue weighted by atomic mass is 19.2. The van der Waals surface area contributed by atoms with Crippen molar-refractivity contribution >= 4 is 23.9 Å². The summed E-state index contributed by atoms with van der Waals surface area (Å²) in [6.45, 7) is 0. The number of hydrogen-bond donors (Lipinski definition) is 4. The van der Waals surface area contributed by atoms with Crippen LogP contribution >= 0.6 is 0 Å². The Labute approximate surface area is 121 Å². The van der Waals surface area contributed by atoms with Gasteiger partial charge in [0.15, 0.2) is 0 Å². The largest absolute Gasteiger partial charge is 0.481 e. The molecule has 0 radical (unpaired) electrons. The highest BCUT2D eigenvalue weighted by Crippen LogP contribution is 2.64. The fourth-order valence-electron chi connectivity index (χ4n) is 3.70. The average molecular weight is 322 g/mol. The number of aliphatic carboxylic acids is 4. The van der Waals surface area contributed by atoms with Gasteiger partial charge in [-0.3, -0.25) is 9.59 Å². The van der Waals surface area contributed by atoms with Crippen LogP contribution < -0.4 is 0 Å². The summed E-state index contributed by atoms with van der Waals surface area (Å²) >= 11 is 0. The Morgan fingerprint density at radius 3 is 1.18 bits per heavy atom. The monoisotopic (exact) mass is 322 g/mol. The number of carboxylic acid groups (broad SMARTS) is 4. The molecule has 4 N–H and O–H groups in total. The van der Waals surface area contributed by atoms with Crippen molar-refractivity contribution < 1.29 is 48.4 Å². The van der Waals surface area contributed by atoms with E-state index in [1.54, 1.807) is 0 Å². The van der Waals surface area contributed by atoms with Crippen LogP contribution in [0.3, 0.4) is 0 Å². The van der Waals surface area contributed by atoms with Crippen molar-refractivity contribution in [3.8, 4) is 0 Å². The van der Waals surface area contributed by atoms with Crippen molar-refractivity contribution in [2.75, 3.05) is 0 Å². The summed E-state index contributed by atoms with van der Waals surface area (Å²) in [6, 6.07) is 0. The number of carbonyl (C=O) groups is 4. The maximum Gasteiger partial charge on any atom is 0.345 e. The van der Waals surface area contributed by atoms with Crippen molar-refractivity contribution in [1.29, 1.82) is 0 Å². The molecule has 10 heteroatoms. The quantitative estimate of drug-likeness (QED) is 0.565. The number of alkyl halides is 2. The molecule has 2 fully saturated rings. The van der Waals surface area contributed by atoms with Gasteiger partial charge in [-0.2, -0.15) is 0 Å². The molecule has 6 unspecified atom stereocenters. The molecule has 0 bridgehead atoms. The zero-order valence-corrected chi connectivity index (χ0v) is 10.9. The Balaban J connectivity index is 2.47. The van der Waals surface area contributed by atoms with E-state index in [9.17, 15) is 28.0 Å². The lowest BCUT2D eigenvalue weighted by atomic mass is 9.45. The second-order valence-corrected chi connectivity index (χ2v) is 5.61. The van der Waals surface area contributed by atoms with Gasteiger partial charge in [-0.05, 0) is 12.8 Å². The predicted octanol–water partition coefficient (Wildman–Crippen LogP) is 0.0136. The maximum atomic E-state index is 14.5. The second kappa shape index (κ2) is 4.62. The van der Waals surface area contributed by atoms with Gasteiger partial charge in [-0.25, -0.2) is 18.4 Å². The van der Waals surface area contributed by atoms with E-state index in [2.05, 4.69) is 0 Å². The molecular weight excluding hydrogens is 310 g/mol. The van der Waals surface area contributed by atoms with Crippen LogP contribution in [0.5, 0.6) is 0 Å². The normalized spacial score (nSPS) is 43.5. The van der Waals surface area contributed by atoms with E-state index >= 15 is 0 Å². The van der Waals surface area contributed by atoms with Gasteiger partial charge >= 0.3 is 23.9 Å². The molecule has 0 aromatic carbocycles. The number of fused-ring (bicyclic) bond motifs is 1. The maximum absolute atomic E-state index is 14.5. The van der Waals surface area contributed by atoms with Gasteiger partial charge in [0.2, 0.25) is 0 Å². The minimum absolute atomic E-state index is 0.751. The molecule has 8 nitrogen and oxygen atoms in total. The van der Waals surface area contributed by atoms with Crippen LogP contribution in [0, 0.1) is 23.7 Å². The van der Waals surface area contributed by atoms with E-state index in [0.29, 0.717) is 0 Å². The van der Waals surface area contributed by atoms with E-state index in [0.717, 1.165) is 0 Å². The third-order valence-corrected chi connectivity index (χ3v) is 4.80. The zero-order valence-electron chi connectivity index (χ0n) is 10.9. The molecule has 0 spiro atoms. The Morgan fingerprint density at radius 2 is 1.00 bits per heavy atom. The van der Waals surface area contributed by atoms with E-state index in [1.807, 2.05) is 0 Å². The molecule has 2 aliphatic rings. The summed E-state index contributed by atoms with van der Waals surface area (Å²) in [6.07, 6.45) is -1.50. The number of rotatable bonds is 4. The zero-order chi connectivity index (χ0) is 17.0. The Morgan fingerprint density at radius 1 is 0.727 bits per heavy atom. The minimum atomic E-state index is -3.78. The summed E-state index contributed by atoms with van der Waals surface area (Å²) in [5.41, 5.74) is -7.55. The van der Waals surface area contributed by atoms with Crippen LogP contribution in [0.4, 0.5) is 8.78 Å². The molecule has 2 aliphatic carbocycles. The molecule has 6 atom stereocenters. The van der Waals surface area contributed by atoms with Crippen molar-refractivity contribution in [3.05, 3.63) is 0 Å². The smallest absolute Gasteiger partial charge is 0.345 e. The summed E-state index contributed by atoms with van der Waals surface area (Å²) in [7, 11) is 0. The summed E-state index contributed by atoms with van der Waals surface area (Å²) in [5, 5.41) is 35.7. The average Bonchev–Trinajstić information content (AvgIpc) is 2.43. The summed E-state index contributed by atoms with van der Waals surface area (Å²) < 4.78 is 29.1. The van der Waals surface area contributed by atoms with Crippen LogP contribution in [-0.2, 0) is 19.2 Å². The highest BCUT2D eigenvalue weighted by Gasteiger charge is 2.84. The molecule has 0 saturated heterocycles. The number of hydrogen-bond acceptors (Lipinski definition) is 4. The molecule has 122 valence electrons. The molecule has 0 aromatic rings. The Kier molecular flexibility index (Phi) is 3.38. The molecule has 2 saturated carbocycles. The van der Waals surface area contributed by atoms with Crippen molar-refractivity contribution in [3.63, 3.8) is 0 Å². The first-order valence-electron chi connectivity index (χ1n) is 6.29. The van der Waals surface area contributed by atoms with Crippen molar-refractivity contribution in [2.45, 2.75) is 24.2 Å². The second-order valence-electron chi connectivity index (χ2n) is 5.61. The van der Waals surface area contributed by atoms with Crippen LogP contribution in [-0.4, -0.2) is 55.6 Å². The Hall–Kier alpha value is -2.26. The van der Waals surface area contributed by atoms with Gasteiger partial charge in [0, 0.05) is 11.8 Å². The van der Waals surface area contributed by atoms with E-state index in [4.69, 9.17) is 20.4 Å². The van der Waals surface area contributed by atoms with Gasteiger partial charge in [-0.1, -0.05) is 0 Å². The lowest BCUT2D eigenvalue weighted by molar-refractivity contribution is -0.258. The SMILES string of the molecule is O=C(O)C1CC2C(CC1C(=O)O)C(F)(C(=O)O)C2(F)C(=O)O. The fraction of sp³-hybridized carbons (Fsp3) is 0.667. The van der Waals surface area contributed by atoms with Crippen LogP contribution in [0.1, 0.15) is 12.8 Å². The van der Waals surface area contributed by atoms with Crippen LogP contribution in [0.25, 0.3) is 0 Å². The van der Waals surface area contributed by atoms with E-state index in [1.165, 1.54) is 0 Å².